The number of anilines is 2. The van der Waals surface area contributed by atoms with Crippen molar-refractivity contribution in [3.63, 3.8) is 0 Å². The van der Waals surface area contributed by atoms with Crippen LogP contribution in [0.2, 0.25) is 0 Å². The number of hydrogen-bond acceptors (Lipinski definition) is 4. The van der Waals surface area contributed by atoms with Gasteiger partial charge in [-0.2, -0.15) is 0 Å². The van der Waals surface area contributed by atoms with Crippen LogP contribution in [-0.4, -0.2) is 19.3 Å². The molecule has 0 aliphatic carbocycles. The highest BCUT2D eigenvalue weighted by Gasteiger charge is 2.34. The number of carbonyl (C=O) groups is 1. The Balaban J connectivity index is 1.94. The lowest BCUT2D eigenvalue weighted by Crippen LogP contribution is -2.33. The third-order valence-corrected chi connectivity index (χ3v) is 9.05. The molecule has 0 radical (unpaired) electrons. The van der Waals surface area contributed by atoms with Gasteiger partial charge in [0.2, 0.25) is 0 Å². The maximum absolute atomic E-state index is 15.0. The largest absolute Gasteiger partial charge is 0.320 e. The Hall–Kier alpha value is -3.97. The zero-order valence-corrected chi connectivity index (χ0v) is 25.4. The van der Waals surface area contributed by atoms with E-state index in [4.69, 9.17) is 0 Å². The van der Waals surface area contributed by atoms with Gasteiger partial charge in [-0.1, -0.05) is 96.1 Å². The number of aromatic nitrogens is 1. The van der Waals surface area contributed by atoms with Gasteiger partial charge in [0.25, 0.3) is 15.9 Å². The smallest absolute Gasteiger partial charge is 0.265 e. The minimum Gasteiger partial charge on any atom is -0.320 e. The highest BCUT2D eigenvalue weighted by molar-refractivity contribution is 7.93. The van der Waals surface area contributed by atoms with Crippen LogP contribution in [0, 0.1) is 0 Å². The minimum absolute atomic E-state index is 0.0174. The number of benzene rings is 3. The first-order valence-electron chi connectivity index (χ1n) is 14.1. The number of rotatable bonds is 10. The van der Waals surface area contributed by atoms with Gasteiger partial charge in [0.15, 0.2) is 0 Å². The first-order chi connectivity index (χ1) is 19.5. The van der Waals surface area contributed by atoms with Crippen LogP contribution in [0.3, 0.4) is 0 Å². The molecule has 6 nitrogen and oxygen atoms in total. The number of nitrogens with one attached hydrogen (secondary N) is 1. The van der Waals surface area contributed by atoms with Gasteiger partial charge >= 0.3 is 0 Å². The normalized spacial score (nSPS) is 11.7. The molecule has 0 aliphatic heterocycles. The average Bonchev–Trinajstić information content (AvgIpc) is 2.96. The summed E-state index contributed by atoms with van der Waals surface area (Å²) in [7, 11) is -4.10. The van der Waals surface area contributed by atoms with E-state index in [9.17, 15) is 13.2 Å². The second kappa shape index (κ2) is 12.7. The van der Waals surface area contributed by atoms with Crippen molar-refractivity contribution in [3.8, 4) is 0 Å². The summed E-state index contributed by atoms with van der Waals surface area (Å²) in [5.74, 6) is -0.123. The second-order valence-corrected chi connectivity index (χ2v) is 13.0. The Morgan fingerprint density at radius 2 is 1.34 bits per heavy atom. The summed E-state index contributed by atoms with van der Waals surface area (Å²) in [6, 6.07) is 23.9. The van der Waals surface area contributed by atoms with Gasteiger partial charge in [-0.05, 0) is 64.3 Å². The molecule has 0 fully saturated rings. The fourth-order valence-corrected chi connectivity index (χ4v) is 6.98. The zero-order valence-electron chi connectivity index (χ0n) is 24.6. The van der Waals surface area contributed by atoms with Crippen LogP contribution in [0.5, 0.6) is 0 Å². The minimum atomic E-state index is -4.10. The van der Waals surface area contributed by atoms with Crippen molar-refractivity contribution in [1.29, 1.82) is 0 Å². The van der Waals surface area contributed by atoms with Crippen molar-refractivity contribution in [2.45, 2.75) is 70.7 Å². The third kappa shape index (κ3) is 6.68. The van der Waals surface area contributed by atoms with Crippen molar-refractivity contribution in [3.05, 3.63) is 119 Å². The summed E-state index contributed by atoms with van der Waals surface area (Å²) in [6.45, 7) is 12.5. The third-order valence-electron chi connectivity index (χ3n) is 7.16. The summed E-state index contributed by atoms with van der Waals surface area (Å²) in [6.07, 6.45) is 3.10. The molecule has 1 amide bonds. The molecule has 0 aliphatic rings. The topological polar surface area (TPSA) is 79.4 Å². The lowest BCUT2D eigenvalue weighted by molar-refractivity contribution is 0.102. The van der Waals surface area contributed by atoms with Gasteiger partial charge in [-0.15, -0.1) is 0 Å². The van der Waals surface area contributed by atoms with E-state index >= 15 is 0 Å². The molecular weight excluding hydrogens is 530 g/mol. The number of hydrogen-bond donors (Lipinski definition) is 1. The van der Waals surface area contributed by atoms with Crippen LogP contribution in [-0.2, 0) is 16.6 Å². The number of para-hydroxylation sites is 2. The molecule has 0 atom stereocenters. The van der Waals surface area contributed by atoms with Crippen LogP contribution >= 0.6 is 0 Å². The van der Waals surface area contributed by atoms with Crippen LogP contribution in [0.25, 0.3) is 0 Å². The number of amides is 1. The number of pyridine rings is 1. The number of carbonyl (C=O) groups excluding carboxylic acids is 1. The zero-order chi connectivity index (χ0) is 29.7. The van der Waals surface area contributed by atoms with Crippen molar-refractivity contribution in [1.82, 2.24) is 4.98 Å². The van der Waals surface area contributed by atoms with Crippen LogP contribution in [0.4, 0.5) is 11.4 Å². The molecule has 1 heterocycles. The Labute approximate surface area is 244 Å². The highest BCUT2D eigenvalue weighted by Crippen LogP contribution is 2.40. The van der Waals surface area contributed by atoms with E-state index in [2.05, 4.69) is 24.1 Å². The maximum atomic E-state index is 15.0. The van der Waals surface area contributed by atoms with Gasteiger partial charge in [0, 0.05) is 18.0 Å². The molecule has 4 rings (SSSR count). The summed E-state index contributed by atoms with van der Waals surface area (Å²) >= 11 is 0. The van der Waals surface area contributed by atoms with E-state index in [0.717, 1.165) is 22.3 Å². The Morgan fingerprint density at radius 1 is 0.780 bits per heavy atom. The van der Waals surface area contributed by atoms with E-state index in [1.165, 1.54) is 4.31 Å². The first kappa shape index (κ1) is 30.0. The summed E-state index contributed by atoms with van der Waals surface area (Å²) in [4.78, 5) is 17.5. The molecule has 1 aromatic heterocycles. The molecule has 7 heteroatoms. The van der Waals surface area contributed by atoms with E-state index in [1.807, 2.05) is 70.2 Å². The Kier molecular flexibility index (Phi) is 9.28. The molecule has 214 valence electrons. The van der Waals surface area contributed by atoms with Crippen molar-refractivity contribution in [2.75, 3.05) is 9.62 Å². The van der Waals surface area contributed by atoms with Crippen LogP contribution < -0.4 is 9.62 Å². The quantitative estimate of drug-likeness (QED) is 0.209. The highest BCUT2D eigenvalue weighted by atomic mass is 32.2. The molecule has 0 spiro atoms. The lowest BCUT2D eigenvalue weighted by atomic mass is 9.89. The van der Waals surface area contributed by atoms with E-state index in [-0.39, 0.29) is 30.2 Å². The standard InChI is InChI=1S/C34H39N3O3S/c1-23(2)28-20-29(24(3)4)33(30(21-28)25(5)6)41(39,40)37(22-26-12-8-7-9-13-26)32-15-11-10-14-31(32)36-34(38)27-16-18-35-19-17-27/h7-21,23-25H,22H2,1-6H3,(H,36,38). The van der Waals surface area contributed by atoms with Gasteiger partial charge in [0.05, 0.1) is 22.8 Å². The molecule has 0 unspecified atom stereocenters. The van der Waals surface area contributed by atoms with Crippen LogP contribution in [0.15, 0.2) is 96.2 Å². The van der Waals surface area contributed by atoms with Crippen LogP contribution in [0.1, 0.15) is 91.9 Å². The average molecular weight is 570 g/mol. The SMILES string of the molecule is CC(C)c1cc(C(C)C)c(S(=O)(=O)N(Cc2ccccc2)c2ccccc2NC(=O)c2ccncc2)c(C(C)C)c1. The van der Waals surface area contributed by atoms with Gasteiger partial charge < -0.3 is 5.32 Å². The molecule has 0 saturated heterocycles. The molecular formula is C34H39N3O3S. The van der Waals surface area contributed by atoms with Gasteiger partial charge in [0.1, 0.15) is 0 Å². The van der Waals surface area contributed by atoms with Crippen molar-refractivity contribution < 1.29 is 13.2 Å². The molecule has 0 bridgehead atoms. The predicted octanol–water partition coefficient (Wildman–Crippen LogP) is 8.10. The predicted molar refractivity (Wildman–Crippen MR) is 167 cm³/mol. The fourth-order valence-electron chi connectivity index (χ4n) is 4.84. The second-order valence-electron chi connectivity index (χ2n) is 11.2. The lowest BCUT2D eigenvalue weighted by Gasteiger charge is -2.31. The molecule has 41 heavy (non-hydrogen) atoms. The van der Waals surface area contributed by atoms with Crippen molar-refractivity contribution >= 4 is 27.3 Å². The Morgan fingerprint density at radius 3 is 1.90 bits per heavy atom. The van der Waals surface area contributed by atoms with E-state index in [1.54, 1.807) is 48.8 Å². The molecule has 1 N–H and O–H groups in total. The molecule has 4 aromatic rings. The summed E-state index contributed by atoms with van der Waals surface area (Å²) < 4.78 is 31.4. The van der Waals surface area contributed by atoms with E-state index in [0.29, 0.717) is 21.8 Å². The first-order valence-corrected chi connectivity index (χ1v) is 15.5. The van der Waals surface area contributed by atoms with Gasteiger partial charge in [-0.3, -0.25) is 14.1 Å². The van der Waals surface area contributed by atoms with E-state index < -0.39 is 10.0 Å². The molecule has 3 aromatic carbocycles. The number of nitrogens with zero attached hydrogens (tertiary/aromatic N) is 2. The Bertz CT molecular complexity index is 1570. The summed E-state index contributed by atoms with van der Waals surface area (Å²) in [5, 5.41) is 2.94. The summed E-state index contributed by atoms with van der Waals surface area (Å²) in [5.41, 5.74) is 4.80. The maximum Gasteiger partial charge on any atom is 0.265 e. The van der Waals surface area contributed by atoms with Crippen molar-refractivity contribution in [2.24, 2.45) is 0 Å². The monoisotopic (exact) mass is 569 g/mol. The fraction of sp³-hybridized carbons (Fsp3) is 0.294. The van der Waals surface area contributed by atoms with Gasteiger partial charge in [-0.25, -0.2) is 8.42 Å². The molecule has 0 saturated carbocycles. The number of sulfonamides is 1.